The molecule has 0 N–H and O–H groups in total. The van der Waals surface area contributed by atoms with Crippen molar-refractivity contribution in [2.24, 2.45) is 0 Å². The van der Waals surface area contributed by atoms with E-state index in [1.165, 1.54) is 24.3 Å². The van der Waals surface area contributed by atoms with Crippen molar-refractivity contribution in [3.63, 3.8) is 0 Å². The quantitative estimate of drug-likeness (QED) is 0.132. The number of benzene rings is 3. The molecule has 2 fully saturated rings. The first kappa shape index (κ1) is 31.5. The molecule has 0 atom stereocenters. The van der Waals surface area contributed by atoms with Gasteiger partial charge in [0.15, 0.2) is 30.0 Å². The van der Waals surface area contributed by atoms with Crippen LogP contribution in [0, 0.1) is 23.3 Å². The highest BCUT2D eigenvalue weighted by atomic mass is 19.3. The van der Waals surface area contributed by atoms with Gasteiger partial charge >= 0.3 is 6.11 Å². The van der Waals surface area contributed by atoms with Gasteiger partial charge in [0, 0.05) is 17.0 Å². The summed E-state index contributed by atoms with van der Waals surface area (Å²) in [4.78, 5) is 0. The van der Waals surface area contributed by atoms with E-state index in [1.807, 2.05) is 0 Å². The second kappa shape index (κ2) is 13.8. The van der Waals surface area contributed by atoms with Crippen molar-refractivity contribution in [2.75, 3.05) is 26.4 Å². The van der Waals surface area contributed by atoms with Crippen LogP contribution in [0.15, 0.2) is 54.6 Å². The molecule has 2 aliphatic heterocycles. The molecule has 0 spiro atoms. The maximum Gasteiger partial charge on any atom is 0.383 e. The molecular weight excluding hydrogens is 578 g/mol. The summed E-state index contributed by atoms with van der Waals surface area (Å²) in [5.74, 6) is -5.45. The first-order chi connectivity index (χ1) is 20.6. The lowest BCUT2D eigenvalue weighted by molar-refractivity contribution is -0.320. The average Bonchev–Trinajstić information content (AvgIpc) is 3.00. The molecule has 2 heterocycles. The molecule has 232 valence electrons. The topological polar surface area (TPSA) is 46.2 Å². The number of halogens is 6. The Morgan fingerprint density at radius 2 is 1.30 bits per heavy atom. The fourth-order valence-corrected chi connectivity index (χ4v) is 5.08. The van der Waals surface area contributed by atoms with Crippen LogP contribution in [-0.4, -0.2) is 32.5 Å². The lowest BCUT2D eigenvalue weighted by Gasteiger charge is -2.32. The third kappa shape index (κ3) is 7.58. The van der Waals surface area contributed by atoms with E-state index in [0.717, 1.165) is 43.4 Å². The molecule has 0 amide bonds. The molecule has 2 saturated heterocycles. The van der Waals surface area contributed by atoms with E-state index >= 15 is 4.39 Å². The zero-order valence-electron chi connectivity index (χ0n) is 23.5. The van der Waals surface area contributed by atoms with Crippen molar-refractivity contribution in [3.8, 4) is 0 Å². The normalized spacial score (nSPS) is 23.0. The van der Waals surface area contributed by atoms with Crippen LogP contribution < -0.4 is 0 Å². The Morgan fingerprint density at radius 3 is 1.91 bits per heavy atom. The Balaban J connectivity index is 1.12. The van der Waals surface area contributed by atoms with Crippen LogP contribution in [0.2, 0.25) is 0 Å². The van der Waals surface area contributed by atoms with Crippen LogP contribution in [-0.2, 0) is 36.2 Å². The SMILES string of the molecule is CCCCCc1ccc(C(F)(F)OC2COC(c3ccc(C4COC(c5cc(F)c(F)c(F)c5)OC4)c(F)c3)OC2)cc1. The number of alkyl halides is 2. The third-order valence-corrected chi connectivity index (χ3v) is 7.45. The monoisotopic (exact) mass is 610 g/mol. The number of hydrogen-bond acceptors (Lipinski definition) is 5. The molecule has 43 heavy (non-hydrogen) atoms. The van der Waals surface area contributed by atoms with Gasteiger partial charge in [-0.15, -0.1) is 0 Å². The van der Waals surface area contributed by atoms with Crippen LogP contribution in [0.3, 0.4) is 0 Å². The van der Waals surface area contributed by atoms with E-state index in [9.17, 15) is 22.0 Å². The third-order valence-electron chi connectivity index (χ3n) is 7.45. The largest absolute Gasteiger partial charge is 0.383 e. The Morgan fingerprint density at radius 1 is 0.721 bits per heavy atom. The molecule has 3 aromatic rings. The van der Waals surface area contributed by atoms with Crippen LogP contribution in [0.25, 0.3) is 0 Å². The van der Waals surface area contributed by atoms with Crippen LogP contribution in [0.4, 0.5) is 26.3 Å². The molecule has 5 rings (SSSR count). The summed E-state index contributed by atoms with van der Waals surface area (Å²) in [6.07, 6.45) is -2.69. The Hall–Kier alpha value is -2.96. The molecule has 0 radical (unpaired) electrons. The summed E-state index contributed by atoms with van der Waals surface area (Å²) in [5, 5.41) is 0. The summed E-state index contributed by atoms with van der Waals surface area (Å²) in [5.41, 5.74) is 1.31. The van der Waals surface area contributed by atoms with E-state index in [1.54, 1.807) is 18.2 Å². The predicted molar refractivity (Wildman–Crippen MR) is 143 cm³/mol. The minimum absolute atomic E-state index is 0.0210. The van der Waals surface area contributed by atoms with Crippen LogP contribution in [0.5, 0.6) is 0 Å². The van der Waals surface area contributed by atoms with E-state index in [4.69, 9.17) is 23.7 Å². The number of unbranched alkanes of at least 4 members (excludes halogenated alkanes) is 2. The number of ether oxygens (including phenoxy) is 5. The summed E-state index contributed by atoms with van der Waals surface area (Å²) < 4.78 is 112. The van der Waals surface area contributed by atoms with Gasteiger partial charge in [-0.05, 0) is 42.2 Å². The maximum absolute atomic E-state index is 15.1. The molecule has 5 nitrogen and oxygen atoms in total. The van der Waals surface area contributed by atoms with Gasteiger partial charge in [-0.1, -0.05) is 56.2 Å². The molecular formula is C32H32F6O5. The molecule has 0 bridgehead atoms. The molecule has 3 aromatic carbocycles. The minimum atomic E-state index is -3.54. The maximum atomic E-state index is 15.1. The summed E-state index contributed by atoms with van der Waals surface area (Å²) in [7, 11) is 0. The van der Waals surface area contributed by atoms with Gasteiger partial charge in [-0.2, -0.15) is 8.78 Å². The van der Waals surface area contributed by atoms with Crippen molar-refractivity contribution in [1.82, 2.24) is 0 Å². The summed E-state index contributed by atoms with van der Waals surface area (Å²) in [6.45, 7) is 1.69. The number of hydrogen-bond donors (Lipinski definition) is 0. The van der Waals surface area contributed by atoms with Gasteiger partial charge in [0.05, 0.1) is 32.0 Å². The van der Waals surface area contributed by atoms with Gasteiger partial charge in [0.1, 0.15) is 11.9 Å². The van der Waals surface area contributed by atoms with E-state index in [-0.39, 0.29) is 43.1 Å². The van der Waals surface area contributed by atoms with Crippen molar-refractivity contribution >= 4 is 0 Å². The van der Waals surface area contributed by atoms with Crippen molar-refractivity contribution in [1.29, 1.82) is 0 Å². The van der Waals surface area contributed by atoms with Gasteiger partial charge in [-0.3, -0.25) is 0 Å². The minimum Gasteiger partial charge on any atom is -0.348 e. The Labute approximate surface area is 245 Å². The van der Waals surface area contributed by atoms with E-state index in [2.05, 4.69) is 6.92 Å². The lowest BCUT2D eigenvalue weighted by atomic mass is 9.97. The Kier molecular flexibility index (Phi) is 10.1. The molecule has 0 unspecified atom stereocenters. The van der Waals surface area contributed by atoms with Crippen molar-refractivity contribution in [2.45, 2.75) is 63.3 Å². The van der Waals surface area contributed by atoms with Gasteiger partial charge in [-0.25, -0.2) is 17.6 Å². The summed E-state index contributed by atoms with van der Waals surface area (Å²) in [6, 6.07) is 12.0. The van der Waals surface area contributed by atoms with Gasteiger partial charge < -0.3 is 23.7 Å². The first-order valence-corrected chi connectivity index (χ1v) is 14.2. The van der Waals surface area contributed by atoms with Crippen molar-refractivity contribution in [3.05, 3.63) is 106 Å². The van der Waals surface area contributed by atoms with Gasteiger partial charge in [0.2, 0.25) is 0 Å². The highest BCUT2D eigenvalue weighted by Gasteiger charge is 2.38. The fraction of sp³-hybridized carbons (Fsp3) is 0.438. The zero-order valence-corrected chi connectivity index (χ0v) is 23.5. The van der Waals surface area contributed by atoms with E-state index < -0.39 is 54.0 Å². The number of rotatable bonds is 10. The zero-order chi connectivity index (χ0) is 30.6. The Bertz CT molecular complexity index is 1350. The molecule has 0 saturated carbocycles. The fourth-order valence-electron chi connectivity index (χ4n) is 5.08. The van der Waals surface area contributed by atoms with Crippen molar-refractivity contribution < 1.29 is 50.0 Å². The second-order valence-corrected chi connectivity index (χ2v) is 10.7. The predicted octanol–water partition coefficient (Wildman–Crippen LogP) is 7.99. The molecule has 11 heteroatoms. The highest BCUT2D eigenvalue weighted by molar-refractivity contribution is 5.29. The summed E-state index contributed by atoms with van der Waals surface area (Å²) >= 11 is 0. The average molecular weight is 611 g/mol. The first-order valence-electron chi connectivity index (χ1n) is 14.2. The van der Waals surface area contributed by atoms with E-state index in [0.29, 0.717) is 5.56 Å². The molecule has 0 aromatic heterocycles. The molecule has 2 aliphatic rings. The standard InChI is InChI=1S/C32H32F6O5/c1-2-3-4-5-19-6-9-23(10-7-19)32(37,38)43-24-17-41-30(42-18-24)20-8-11-25(26(33)12-20)22-15-39-31(40-16-22)21-13-27(34)29(36)28(35)14-21/h6-14,22,24,30-31H,2-5,15-18H2,1H3. The van der Waals surface area contributed by atoms with Gasteiger partial charge in [0.25, 0.3) is 0 Å². The van der Waals surface area contributed by atoms with Crippen LogP contribution in [0.1, 0.15) is 72.5 Å². The second-order valence-electron chi connectivity index (χ2n) is 10.7. The smallest absolute Gasteiger partial charge is 0.348 e. The lowest BCUT2D eigenvalue weighted by Crippen LogP contribution is -2.38. The number of aryl methyl sites for hydroxylation is 1. The van der Waals surface area contributed by atoms with Crippen LogP contribution >= 0.6 is 0 Å². The highest BCUT2D eigenvalue weighted by Crippen LogP contribution is 2.36. The molecule has 0 aliphatic carbocycles.